The van der Waals surface area contributed by atoms with Crippen molar-refractivity contribution in [3.8, 4) is 27.7 Å². The second-order valence-electron chi connectivity index (χ2n) is 19.5. The number of carbonyl (C=O) groups is 5. The zero-order valence-electron chi connectivity index (χ0n) is 50.3. The van der Waals surface area contributed by atoms with Gasteiger partial charge in [-0.2, -0.15) is 15.3 Å². The SMILES string of the molecule is C.CC(=O)CSC1=NN=C(c2cnc(C)[nH]2)C1.CC(=O)CSC1=NN=C(c2nc[nH]c2C)C1.CC(=O)CSc1n[nH]c(-c2scnc2C)n1.COC1=C(SCC(C)=O)CN=C1c1ccccc1.COc1ccc2cc(-c3[nH]nc(SCC(C)=O)c3Br)ccc2c1. The highest BCUT2D eigenvalue weighted by molar-refractivity contribution is 9.10. The quantitative estimate of drug-likeness (QED) is 0.0515. The summed E-state index contributed by atoms with van der Waals surface area (Å²) in [5.74, 6) is 6.14. The van der Waals surface area contributed by atoms with E-state index in [9.17, 15) is 24.0 Å². The fourth-order valence-electron chi connectivity index (χ4n) is 7.83. The highest BCUT2D eigenvalue weighted by Gasteiger charge is 2.23. The molecule has 22 nitrogen and oxygen atoms in total. The van der Waals surface area contributed by atoms with Gasteiger partial charge in [-0.25, -0.2) is 19.9 Å². The Morgan fingerprint density at radius 2 is 1.28 bits per heavy atom. The van der Waals surface area contributed by atoms with Crippen LogP contribution in [0, 0.1) is 20.8 Å². The number of thioether (sulfide) groups is 5. The lowest BCUT2D eigenvalue weighted by Gasteiger charge is -2.08. The van der Waals surface area contributed by atoms with Crippen molar-refractivity contribution in [1.82, 2.24) is 50.3 Å². The van der Waals surface area contributed by atoms with Crippen molar-refractivity contribution >= 4 is 153 Å². The lowest BCUT2D eigenvalue weighted by atomic mass is 10.0. The number of aliphatic imine (C=N–C) groups is 1. The van der Waals surface area contributed by atoms with Gasteiger partial charge in [0.15, 0.2) is 11.6 Å². The maximum Gasteiger partial charge on any atom is 0.209 e. The minimum atomic E-state index is 0. The molecule has 0 aliphatic carbocycles. The van der Waals surface area contributed by atoms with E-state index in [0.29, 0.717) is 59.1 Å². The number of aryl methyl sites for hydroxylation is 3. The molecule has 0 radical (unpaired) electrons. The molecule has 8 heterocycles. The van der Waals surface area contributed by atoms with Crippen molar-refractivity contribution < 1.29 is 33.4 Å². The number of aromatic nitrogens is 10. The van der Waals surface area contributed by atoms with Gasteiger partial charge in [-0.05, 0) is 100 Å². The van der Waals surface area contributed by atoms with Gasteiger partial charge in [-0.15, -0.1) is 61.9 Å². The summed E-state index contributed by atoms with van der Waals surface area (Å²) in [7, 11) is 3.31. The van der Waals surface area contributed by atoms with Crippen molar-refractivity contribution in [2.75, 3.05) is 49.5 Å². The number of halogens is 1. The van der Waals surface area contributed by atoms with E-state index in [1.54, 1.807) is 66.9 Å². The molecule has 29 heteroatoms. The first-order chi connectivity index (χ1) is 42.8. The Morgan fingerprint density at radius 3 is 1.88 bits per heavy atom. The Kier molecular flexibility index (Phi) is 28.5. The molecule has 0 unspecified atom stereocenters. The van der Waals surface area contributed by atoms with E-state index in [-0.39, 0.29) is 36.3 Å². The zero-order valence-corrected chi connectivity index (χ0v) is 56.8. The van der Waals surface area contributed by atoms with Crippen LogP contribution in [0.1, 0.15) is 89.1 Å². The summed E-state index contributed by atoms with van der Waals surface area (Å²) in [5.41, 5.74) is 11.1. The van der Waals surface area contributed by atoms with Gasteiger partial charge in [-0.3, -0.25) is 39.2 Å². The third kappa shape index (κ3) is 21.6. The zero-order chi connectivity index (χ0) is 64.0. The van der Waals surface area contributed by atoms with Crippen LogP contribution in [0.5, 0.6) is 5.75 Å². The molecule has 0 spiro atoms. The minimum Gasteiger partial charge on any atom is -0.497 e. The summed E-state index contributed by atoms with van der Waals surface area (Å²) >= 11 is 12.3. The number of imidazole rings is 2. The molecule has 0 atom stereocenters. The van der Waals surface area contributed by atoms with E-state index in [0.717, 1.165) is 114 Å². The monoisotopic (exact) mass is 1390 g/mol. The fourth-order valence-corrected chi connectivity index (χ4v) is 12.9. The fraction of sp³-hybridized carbons (Fsp3) is 0.311. The molecule has 5 aromatic heterocycles. The molecule has 3 aliphatic rings. The highest BCUT2D eigenvalue weighted by atomic mass is 79.9. The summed E-state index contributed by atoms with van der Waals surface area (Å²) in [6.45, 7) is 14.2. The molecule has 0 saturated carbocycles. The van der Waals surface area contributed by atoms with Crippen LogP contribution in [0.4, 0.5) is 0 Å². The van der Waals surface area contributed by atoms with Gasteiger partial charge < -0.3 is 19.4 Å². The summed E-state index contributed by atoms with van der Waals surface area (Å²) in [6.07, 6.45) is 4.75. The van der Waals surface area contributed by atoms with Crippen LogP contribution in [0.25, 0.3) is 32.7 Å². The summed E-state index contributed by atoms with van der Waals surface area (Å²) in [4.78, 5) is 84.0. The summed E-state index contributed by atoms with van der Waals surface area (Å²) < 4.78 is 11.6. The number of nitrogens with one attached hydrogen (secondary N) is 4. The summed E-state index contributed by atoms with van der Waals surface area (Å²) in [5, 5.41) is 35.9. The van der Waals surface area contributed by atoms with E-state index in [4.69, 9.17) is 9.47 Å². The molecule has 0 fully saturated rings. The third-order valence-electron chi connectivity index (χ3n) is 12.0. The number of hydrogen-bond donors (Lipinski definition) is 4. The van der Waals surface area contributed by atoms with Crippen LogP contribution in [0.3, 0.4) is 0 Å². The molecule has 3 aromatic carbocycles. The van der Waals surface area contributed by atoms with E-state index >= 15 is 0 Å². The molecule has 472 valence electrons. The molecule has 0 saturated heterocycles. The van der Waals surface area contributed by atoms with Crippen molar-refractivity contribution in [3.05, 3.63) is 134 Å². The molecular formula is C61H68BrN15O7S6. The molecule has 0 bridgehead atoms. The maximum absolute atomic E-state index is 11.1. The van der Waals surface area contributed by atoms with Crippen molar-refractivity contribution in [2.24, 2.45) is 25.4 Å². The van der Waals surface area contributed by atoms with Crippen molar-refractivity contribution in [1.29, 1.82) is 0 Å². The van der Waals surface area contributed by atoms with E-state index < -0.39 is 0 Å². The van der Waals surface area contributed by atoms with Crippen molar-refractivity contribution in [3.63, 3.8) is 0 Å². The first-order valence-corrected chi connectivity index (χ1v) is 33.8. The number of nitrogens with zero attached hydrogens (tertiary/aromatic N) is 11. The van der Waals surface area contributed by atoms with Gasteiger partial charge in [0.1, 0.15) is 67.0 Å². The van der Waals surface area contributed by atoms with Crippen molar-refractivity contribution in [2.45, 2.75) is 85.8 Å². The van der Waals surface area contributed by atoms with Gasteiger partial charge in [0, 0.05) is 29.7 Å². The predicted octanol–water partition coefficient (Wildman–Crippen LogP) is 13.0. The number of hydrogen-bond acceptors (Lipinski definition) is 24. The van der Waals surface area contributed by atoms with Gasteiger partial charge in [0.25, 0.3) is 0 Å². The van der Waals surface area contributed by atoms with E-state index in [1.165, 1.54) is 70.1 Å². The molecule has 90 heavy (non-hydrogen) atoms. The predicted molar refractivity (Wildman–Crippen MR) is 373 cm³/mol. The number of ether oxygens (including phenoxy) is 2. The van der Waals surface area contributed by atoms with Gasteiger partial charge in [0.2, 0.25) is 5.16 Å². The lowest BCUT2D eigenvalue weighted by molar-refractivity contribution is -0.115. The molecule has 11 rings (SSSR count). The largest absolute Gasteiger partial charge is 0.497 e. The van der Waals surface area contributed by atoms with Crippen LogP contribution >= 0.6 is 86.1 Å². The Labute approximate surface area is 555 Å². The van der Waals surface area contributed by atoms with Crippen LogP contribution in [0.15, 0.2) is 135 Å². The van der Waals surface area contributed by atoms with Crippen LogP contribution < -0.4 is 4.74 Å². The molecule has 3 aliphatic heterocycles. The normalized spacial score (nSPS) is 12.9. The number of fused-ring (bicyclic) bond motifs is 1. The standard InChI is InChI=1S/C17H15BrN2O2S.C14H15NO2S.2C10H12N4OS.C9H10N4OS2.CH4/c1-10(21)9-23-17-15(18)16(19-20-17)13-4-3-12-8-14(22-2)6-5-11(12)7-13;1-10(16)9-18-12-8-15-13(14(12)17-2)11-6-4-3-5-7-11;1-6(15)5-16-10-3-8(13-14-10)9-4-11-7(2)12-9;1-6(15)4-16-9-3-8(13-14-9)10-7(2)11-5-12-10;1-5(14)3-15-9-11-8(12-13-9)7-6(2)10-4-16-7;/h3-8H,9H2,1-2H3,(H,19,20);3-7H,8-9H2,1-2H3;4H,3,5H2,1-2H3,(H,11,12);5H,3-4H2,1-2H3,(H,11,12);4H,3H2,1-2H3,(H,11,12,13);1H4. The number of ketones is 5. The second-order valence-corrected chi connectivity index (χ2v) is 26.2. The molecular weight excluding hydrogens is 1330 g/mol. The number of allylic oxidation sites excluding steroid dienone is 1. The second kappa shape index (κ2) is 35.8. The van der Waals surface area contributed by atoms with Gasteiger partial charge in [0.05, 0.1) is 110 Å². The Morgan fingerprint density at radius 1 is 0.656 bits per heavy atom. The van der Waals surface area contributed by atoms with E-state index in [2.05, 4.69) is 104 Å². The average molecular weight is 1400 g/mol. The number of H-pyrrole nitrogens is 4. The average Bonchev–Trinajstić information content (AvgIpc) is 2.04. The number of benzene rings is 3. The first kappa shape index (κ1) is 71.7. The number of aromatic amines is 4. The van der Waals surface area contributed by atoms with Crippen LogP contribution in [-0.4, -0.2) is 156 Å². The number of rotatable bonds is 20. The number of Topliss-reactive ketones (excluding diaryl/α,β-unsaturated/α-hetero) is 5. The number of thiazole rings is 1. The smallest absolute Gasteiger partial charge is 0.209 e. The van der Waals surface area contributed by atoms with Gasteiger partial charge >= 0.3 is 0 Å². The lowest BCUT2D eigenvalue weighted by Crippen LogP contribution is -2.05. The van der Waals surface area contributed by atoms with Gasteiger partial charge in [-0.1, -0.05) is 79.5 Å². The van der Waals surface area contributed by atoms with Crippen LogP contribution in [0.2, 0.25) is 0 Å². The number of methoxy groups -OCH3 is 2. The molecule has 4 N–H and O–H groups in total. The van der Waals surface area contributed by atoms with E-state index in [1.807, 2.05) is 75.4 Å². The highest BCUT2D eigenvalue weighted by Crippen LogP contribution is 2.36. The maximum atomic E-state index is 11.1. The topological polar surface area (TPSA) is 306 Å². The first-order valence-electron chi connectivity index (χ1n) is 27.2. The Balaban J connectivity index is 0.000000180. The Hall–Kier alpha value is -7.41. The molecule has 8 aromatic rings. The number of carbonyl (C=O) groups excluding carboxylic acids is 5. The Bertz CT molecular complexity index is 4010. The minimum absolute atomic E-state index is 0. The molecule has 0 amide bonds. The van der Waals surface area contributed by atoms with Crippen LogP contribution in [-0.2, 0) is 28.7 Å². The third-order valence-corrected chi connectivity index (χ3v) is 19.5. The summed E-state index contributed by atoms with van der Waals surface area (Å²) in [6, 6.07) is 22.1.